The highest BCUT2D eigenvalue weighted by Gasteiger charge is 2.56. The Balaban J connectivity index is 1.24. The van der Waals surface area contributed by atoms with E-state index in [0.29, 0.717) is 6.61 Å². The summed E-state index contributed by atoms with van der Waals surface area (Å²) in [5, 5.41) is 14.3. The molecule has 1 amide bonds. The average Bonchev–Trinajstić information content (AvgIpc) is 3.35. The summed E-state index contributed by atoms with van der Waals surface area (Å²) < 4.78 is 64.1. The molecule has 4 aliphatic rings. The third kappa shape index (κ3) is 13.9. The third-order valence-electron chi connectivity index (χ3n) is 15.2. The number of ether oxygens (including phenoxy) is 10. The van der Waals surface area contributed by atoms with Crippen LogP contribution in [-0.2, 0) is 76.8 Å². The van der Waals surface area contributed by atoms with Crippen LogP contribution in [0.2, 0.25) is 0 Å². The monoisotopic (exact) mass is 1050 g/mol. The normalized spacial score (nSPS) is 37.8. The molecule has 20 atom stereocenters. The zero-order valence-corrected chi connectivity index (χ0v) is 44.3. The van der Waals surface area contributed by atoms with Gasteiger partial charge in [-0.15, -0.1) is 0 Å². The van der Waals surface area contributed by atoms with Gasteiger partial charge < -0.3 is 57.8 Å². The van der Waals surface area contributed by atoms with E-state index < -0.39 is 101 Å². The number of amides is 1. The molecule has 14 nitrogen and oxygen atoms in total. The van der Waals surface area contributed by atoms with Crippen molar-refractivity contribution in [3.63, 3.8) is 0 Å². The predicted molar refractivity (Wildman–Crippen MR) is 267 cm³/mol. The van der Waals surface area contributed by atoms with E-state index in [-0.39, 0.29) is 55.7 Å². The van der Waals surface area contributed by atoms with E-state index >= 15 is 0 Å². The number of nitrogens with one attached hydrogen (secondary N) is 1. The van der Waals surface area contributed by atoms with E-state index in [0.717, 1.165) is 16.7 Å². The van der Waals surface area contributed by atoms with Gasteiger partial charge in [0.1, 0.15) is 31.0 Å². The summed E-state index contributed by atoms with van der Waals surface area (Å²) in [6, 6.07) is 27.9. The van der Waals surface area contributed by atoms with Crippen LogP contribution in [0.3, 0.4) is 0 Å². The molecule has 8 unspecified atom stereocenters. The number of alkyl halides is 3. The van der Waals surface area contributed by atoms with E-state index in [1.165, 1.54) is 0 Å². The highest BCUT2D eigenvalue weighted by atomic mass is 35.6. The molecule has 0 aliphatic carbocycles. The van der Waals surface area contributed by atoms with Crippen LogP contribution in [0.15, 0.2) is 91.0 Å². The van der Waals surface area contributed by atoms with Crippen LogP contribution >= 0.6 is 34.8 Å². The molecule has 0 spiro atoms. The second-order valence-electron chi connectivity index (χ2n) is 20.0. The highest BCUT2D eigenvalue weighted by Crippen LogP contribution is 2.42. The van der Waals surface area contributed by atoms with Gasteiger partial charge in [0, 0.05) is 11.8 Å². The molecule has 0 saturated carbocycles. The SMILES string of the molecule is CC1C(O)[C@H](OC2C(C)[C@@H](C)[C@H](C)O[C@H]2O[C@H]2C(C(=O)OCc3ccccc3)O[C@@H](O[C@@H]3C(NC(=O)C(Cl)(Cl)Cl)[C@H](C)OC(COCc4ccccc4)[C@@H]3C)C(OCc3ccccc3)[C@H]2C)O[C@@H](C)[C@@H]1C. The summed E-state index contributed by atoms with van der Waals surface area (Å²) in [7, 11) is 0. The van der Waals surface area contributed by atoms with Crippen LogP contribution in [0.4, 0.5) is 0 Å². The number of benzene rings is 3. The Morgan fingerprint density at radius 1 is 0.549 bits per heavy atom. The quantitative estimate of drug-likeness (QED) is 0.0978. The number of hydrogen-bond donors (Lipinski definition) is 2. The Hall–Kier alpha value is -2.93. The fourth-order valence-electron chi connectivity index (χ4n) is 9.97. The molecule has 17 heteroatoms. The minimum atomic E-state index is -2.30. The predicted octanol–water partition coefficient (Wildman–Crippen LogP) is 8.72. The number of carbonyl (C=O) groups excluding carboxylic acids is 2. The van der Waals surface area contributed by atoms with Gasteiger partial charge in [0.25, 0.3) is 9.70 Å². The van der Waals surface area contributed by atoms with Gasteiger partial charge >= 0.3 is 5.97 Å². The van der Waals surface area contributed by atoms with Crippen molar-refractivity contribution in [1.82, 2.24) is 5.32 Å². The molecule has 71 heavy (non-hydrogen) atoms. The maximum Gasteiger partial charge on any atom is 0.338 e. The molecule has 4 aliphatic heterocycles. The Bertz CT molecular complexity index is 2130. The molecule has 0 aromatic heterocycles. The van der Waals surface area contributed by atoms with Crippen molar-refractivity contribution in [2.24, 2.45) is 35.5 Å². The molecule has 4 heterocycles. The van der Waals surface area contributed by atoms with Crippen molar-refractivity contribution in [2.45, 2.75) is 172 Å². The van der Waals surface area contributed by atoms with Gasteiger partial charge in [-0.05, 0) is 61.1 Å². The second kappa shape index (κ2) is 25.1. The number of rotatable bonds is 17. The van der Waals surface area contributed by atoms with Gasteiger partial charge in [-0.3, -0.25) is 4.79 Å². The lowest BCUT2D eigenvalue weighted by Crippen LogP contribution is -2.66. The molecular formula is C54H72Cl3NO13. The van der Waals surface area contributed by atoms with Gasteiger partial charge in [-0.2, -0.15) is 0 Å². The zero-order valence-electron chi connectivity index (χ0n) is 42.0. The summed E-state index contributed by atoms with van der Waals surface area (Å²) in [5.41, 5.74) is 2.63. The topological polar surface area (TPSA) is 159 Å². The largest absolute Gasteiger partial charge is 0.459 e. The minimum absolute atomic E-state index is 0.0205. The van der Waals surface area contributed by atoms with Crippen LogP contribution in [-0.4, -0.2) is 113 Å². The first-order chi connectivity index (χ1) is 33.8. The Morgan fingerprint density at radius 3 is 1.65 bits per heavy atom. The molecule has 3 aromatic rings. The summed E-state index contributed by atoms with van der Waals surface area (Å²) in [5.74, 6) is -2.87. The lowest BCUT2D eigenvalue weighted by Gasteiger charge is -2.51. The number of aliphatic hydroxyl groups excluding tert-OH is 1. The number of halogens is 3. The first-order valence-corrected chi connectivity index (χ1v) is 26.1. The maximum absolute atomic E-state index is 14.8. The van der Waals surface area contributed by atoms with E-state index in [1.807, 2.05) is 126 Å². The molecular weight excluding hydrogens is 977 g/mol. The van der Waals surface area contributed by atoms with Gasteiger partial charge in [0.15, 0.2) is 25.0 Å². The number of esters is 1. The molecule has 0 radical (unpaired) electrons. The first-order valence-electron chi connectivity index (χ1n) is 24.9. The van der Waals surface area contributed by atoms with Crippen molar-refractivity contribution in [2.75, 3.05) is 6.61 Å². The standard InChI is InChI=1S/C54H72Cl3NO13/c1-29-31(3)43(59)50(66-35(29)7)70-47-32(4)30(2)36(8)67-52(47)69-45-34(6)46(63-26-39-21-15-11-16-22-39)51(71-48(45)49(60)64-27-40-23-17-12-18-24-40)68-44-33(5)41(28-62-25-38-19-13-10-14-20-38)65-37(9)42(44)58-53(61)54(55,56)57/h10-24,29-37,41-48,50-52,59H,25-28H2,1-9H3,(H,58,61)/t29-,30-,31?,32?,33+,34+,35+,36+,37+,41?,42?,43?,44+,45-,46?,47?,48?,50+,51-,52+/m1/s1. The van der Waals surface area contributed by atoms with E-state index in [9.17, 15) is 14.7 Å². The zero-order chi connectivity index (χ0) is 51.1. The lowest BCUT2D eigenvalue weighted by atomic mass is 9.82. The van der Waals surface area contributed by atoms with Crippen molar-refractivity contribution < 1.29 is 62.1 Å². The van der Waals surface area contributed by atoms with Gasteiger partial charge in [0.05, 0.1) is 56.4 Å². The van der Waals surface area contributed by atoms with Crippen LogP contribution in [0.1, 0.15) is 79.0 Å². The fraction of sp³-hybridized carbons (Fsp3) is 0.630. The van der Waals surface area contributed by atoms with Crippen LogP contribution in [0.5, 0.6) is 0 Å². The van der Waals surface area contributed by atoms with Crippen LogP contribution < -0.4 is 5.32 Å². The van der Waals surface area contributed by atoms with Crippen molar-refractivity contribution in [1.29, 1.82) is 0 Å². The summed E-state index contributed by atoms with van der Waals surface area (Å²) in [6.07, 6.45) is -10.9. The molecule has 3 aromatic carbocycles. The smallest absolute Gasteiger partial charge is 0.338 e. The maximum atomic E-state index is 14.8. The van der Waals surface area contributed by atoms with E-state index in [1.54, 1.807) is 6.92 Å². The van der Waals surface area contributed by atoms with Gasteiger partial charge in [-0.1, -0.05) is 167 Å². The molecule has 2 N–H and O–H groups in total. The number of aliphatic hydroxyl groups is 1. The number of carbonyl (C=O) groups is 2. The average molecular weight is 1050 g/mol. The third-order valence-corrected chi connectivity index (χ3v) is 15.8. The number of hydrogen-bond acceptors (Lipinski definition) is 13. The van der Waals surface area contributed by atoms with Crippen molar-refractivity contribution in [3.05, 3.63) is 108 Å². The highest BCUT2D eigenvalue weighted by molar-refractivity contribution is 6.76. The van der Waals surface area contributed by atoms with Crippen LogP contribution in [0.25, 0.3) is 0 Å². The molecule has 392 valence electrons. The van der Waals surface area contributed by atoms with E-state index in [2.05, 4.69) is 26.1 Å². The summed E-state index contributed by atoms with van der Waals surface area (Å²) in [6.45, 7) is 18.4. The Kier molecular flexibility index (Phi) is 19.7. The molecule has 7 rings (SSSR count). The lowest BCUT2D eigenvalue weighted by molar-refractivity contribution is -0.372. The Labute approximate surface area is 433 Å². The first kappa shape index (κ1) is 55.8. The fourth-order valence-corrected chi connectivity index (χ4v) is 10.1. The van der Waals surface area contributed by atoms with Crippen LogP contribution in [0, 0.1) is 35.5 Å². The van der Waals surface area contributed by atoms with Crippen molar-refractivity contribution in [3.8, 4) is 0 Å². The second-order valence-corrected chi connectivity index (χ2v) is 22.3. The summed E-state index contributed by atoms with van der Waals surface area (Å²) in [4.78, 5) is 28.2. The summed E-state index contributed by atoms with van der Waals surface area (Å²) >= 11 is 18.4. The van der Waals surface area contributed by atoms with Gasteiger partial charge in [-0.25, -0.2) is 4.79 Å². The molecule has 4 saturated heterocycles. The van der Waals surface area contributed by atoms with E-state index in [4.69, 9.17) is 82.2 Å². The molecule has 4 fully saturated rings. The van der Waals surface area contributed by atoms with Crippen molar-refractivity contribution >= 4 is 46.7 Å². The molecule has 0 bridgehead atoms. The van der Waals surface area contributed by atoms with Gasteiger partial charge in [0.2, 0.25) is 0 Å². The Morgan fingerprint density at radius 2 is 1.06 bits per heavy atom. The minimum Gasteiger partial charge on any atom is -0.459 e.